The summed E-state index contributed by atoms with van der Waals surface area (Å²) in [5, 5.41) is 3.39. The van der Waals surface area contributed by atoms with Gasteiger partial charge in [-0.25, -0.2) is 0 Å². The highest BCUT2D eigenvalue weighted by Crippen LogP contribution is 2.13. The Morgan fingerprint density at radius 3 is 3.00 bits per heavy atom. The first kappa shape index (κ1) is 10.1. The van der Waals surface area contributed by atoms with Crippen molar-refractivity contribution in [2.45, 2.75) is 27.2 Å². The molecule has 1 aliphatic heterocycles. The van der Waals surface area contributed by atoms with Crippen LogP contribution in [0.3, 0.4) is 0 Å². The van der Waals surface area contributed by atoms with Crippen LogP contribution in [0.1, 0.15) is 27.2 Å². The largest absolute Gasteiger partial charge is 0.385 e. The highest BCUT2D eigenvalue weighted by molar-refractivity contribution is 5.28. The van der Waals surface area contributed by atoms with Crippen LogP contribution < -0.4 is 5.32 Å². The maximum atomic E-state index is 3.39. The average molecular weight is 177 g/mol. The van der Waals surface area contributed by atoms with E-state index in [2.05, 4.69) is 43.5 Å². The molecule has 1 aliphatic rings. The molecule has 1 atom stereocenters. The van der Waals surface area contributed by atoms with Gasteiger partial charge in [0.1, 0.15) is 0 Å². The zero-order chi connectivity index (χ0) is 9.68. The van der Waals surface area contributed by atoms with Gasteiger partial charge in [-0.1, -0.05) is 25.2 Å². The van der Waals surface area contributed by atoms with Gasteiger partial charge >= 0.3 is 0 Å². The minimum absolute atomic E-state index is 0.714. The van der Waals surface area contributed by atoms with Gasteiger partial charge in [0, 0.05) is 12.2 Å². The Morgan fingerprint density at radius 2 is 2.38 bits per heavy atom. The van der Waals surface area contributed by atoms with Gasteiger partial charge < -0.3 is 5.32 Å². The third-order valence-electron chi connectivity index (χ3n) is 2.21. The van der Waals surface area contributed by atoms with Crippen LogP contribution in [-0.4, -0.2) is 6.54 Å². The van der Waals surface area contributed by atoms with E-state index in [0.717, 1.165) is 6.54 Å². The summed E-state index contributed by atoms with van der Waals surface area (Å²) in [5.41, 5.74) is 2.57. The standard InChI is InChI=1S/C12H19N/c1-4-5-10(2)8-12-9-11(3)6-7-13-12/h4-5,8-9,11,13H,6-7H2,1-3H3/b5-4-,10-8-. The second-order valence-corrected chi connectivity index (χ2v) is 3.70. The van der Waals surface area contributed by atoms with Crippen molar-refractivity contribution in [3.63, 3.8) is 0 Å². The second kappa shape index (κ2) is 4.90. The van der Waals surface area contributed by atoms with E-state index in [1.54, 1.807) is 0 Å². The first-order valence-corrected chi connectivity index (χ1v) is 4.99. The van der Waals surface area contributed by atoms with E-state index in [1.807, 2.05) is 6.92 Å². The van der Waals surface area contributed by atoms with E-state index in [9.17, 15) is 0 Å². The van der Waals surface area contributed by atoms with Gasteiger partial charge in [-0.05, 0) is 37.8 Å². The molecule has 1 nitrogen and oxygen atoms in total. The molecule has 0 saturated carbocycles. The molecule has 1 rings (SSSR count). The zero-order valence-electron chi connectivity index (χ0n) is 8.80. The molecule has 0 spiro atoms. The summed E-state index contributed by atoms with van der Waals surface area (Å²) in [6.45, 7) is 7.54. The summed E-state index contributed by atoms with van der Waals surface area (Å²) < 4.78 is 0. The minimum atomic E-state index is 0.714. The average Bonchev–Trinajstić information content (AvgIpc) is 2.04. The van der Waals surface area contributed by atoms with E-state index in [4.69, 9.17) is 0 Å². The number of hydrogen-bond donors (Lipinski definition) is 1. The van der Waals surface area contributed by atoms with Crippen molar-refractivity contribution >= 4 is 0 Å². The van der Waals surface area contributed by atoms with Crippen LogP contribution in [0.4, 0.5) is 0 Å². The summed E-state index contributed by atoms with van der Waals surface area (Å²) in [5.74, 6) is 0.714. The summed E-state index contributed by atoms with van der Waals surface area (Å²) >= 11 is 0. The highest BCUT2D eigenvalue weighted by atomic mass is 14.9. The maximum Gasteiger partial charge on any atom is 0.0304 e. The molecule has 1 heterocycles. The summed E-state index contributed by atoms with van der Waals surface area (Å²) in [6, 6.07) is 0. The number of hydrogen-bond acceptors (Lipinski definition) is 1. The van der Waals surface area contributed by atoms with E-state index in [0.29, 0.717) is 5.92 Å². The van der Waals surface area contributed by atoms with Gasteiger partial charge in [-0.2, -0.15) is 0 Å². The third kappa shape index (κ3) is 3.49. The van der Waals surface area contributed by atoms with Crippen molar-refractivity contribution in [3.05, 3.63) is 35.6 Å². The Hall–Kier alpha value is -0.980. The van der Waals surface area contributed by atoms with Crippen molar-refractivity contribution < 1.29 is 0 Å². The molecule has 0 aromatic carbocycles. The molecular formula is C12H19N. The molecule has 0 aliphatic carbocycles. The lowest BCUT2D eigenvalue weighted by Crippen LogP contribution is -2.21. The molecule has 0 bridgehead atoms. The lowest BCUT2D eigenvalue weighted by Gasteiger charge is -2.18. The van der Waals surface area contributed by atoms with Gasteiger partial charge in [-0.15, -0.1) is 0 Å². The molecule has 1 N–H and O–H groups in total. The van der Waals surface area contributed by atoms with E-state index in [1.165, 1.54) is 17.7 Å². The summed E-state index contributed by atoms with van der Waals surface area (Å²) in [4.78, 5) is 0. The second-order valence-electron chi connectivity index (χ2n) is 3.70. The van der Waals surface area contributed by atoms with Crippen molar-refractivity contribution in [3.8, 4) is 0 Å². The minimum Gasteiger partial charge on any atom is -0.385 e. The van der Waals surface area contributed by atoms with Crippen molar-refractivity contribution in [1.29, 1.82) is 0 Å². The molecule has 0 aromatic heterocycles. The van der Waals surface area contributed by atoms with Crippen molar-refractivity contribution in [2.24, 2.45) is 5.92 Å². The van der Waals surface area contributed by atoms with E-state index < -0.39 is 0 Å². The Kier molecular flexibility index (Phi) is 3.81. The van der Waals surface area contributed by atoms with Gasteiger partial charge in [0.05, 0.1) is 0 Å². The quantitative estimate of drug-likeness (QED) is 0.639. The van der Waals surface area contributed by atoms with Gasteiger partial charge in [-0.3, -0.25) is 0 Å². The van der Waals surface area contributed by atoms with Crippen LogP contribution >= 0.6 is 0 Å². The first-order valence-electron chi connectivity index (χ1n) is 4.99. The summed E-state index contributed by atoms with van der Waals surface area (Å²) in [7, 11) is 0. The predicted molar refractivity (Wildman–Crippen MR) is 58.4 cm³/mol. The van der Waals surface area contributed by atoms with Gasteiger partial charge in [0.15, 0.2) is 0 Å². The van der Waals surface area contributed by atoms with Crippen LogP contribution in [0.25, 0.3) is 0 Å². The molecule has 13 heavy (non-hydrogen) atoms. The van der Waals surface area contributed by atoms with E-state index in [-0.39, 0.29) is 0 Å². The number of allylic oxidation sites excluding steroid dienone is 5. The van der Waals surface area contributed by atoms with Crippen LogP contribution in [0.5, 0.6) is 0 Å². The highest BCUT2D eigenvalue weighted by Gasteiger charge is 2.05. The molecule has 1 unspecified atom stereocenters. The first-order chi connectivity index (χ1) is 6.22. The molecule has 0 saturated heterocycles. The Morgan fingerprint density at radius 1 is 1.62 bits per heavy atom. The van der Waals surface area contributed by atoms with Crippen LogP contribution in [0.2, 0.25) is 0 Å². The lowest BCUT2D eigenvalue weighted by atomic mass is 10.0. The van der Waals surface area contributed by atoms with Crippen molar-refractivity contribution in [2.75, 3.05) is 6.54 Å². The molecule has 0 amide bonds. The third-order valence-corrected chi connectivity index (χ3v) is 2.21. The molecule has 0 fully saturated rings. The van der Waals surface area contributed by atoms with Crippen LogP contribution in [-0.2, 0) is 0 Å². The van der Waals surface area contributed by atoms with E-state index >= 15 is 0 Å². The zero-order valence-corrected chi connectivity index (χ0v) is 8.80. The maximum absolute atomic E-state index is 3.39. The number of nitrogens with one attached hydrogen (secondary N) is 1. The summed E-state index contributed by atoms with van der Waals surface area (Å²) in [6.07, 6.45) is 9.95. The normalized spacial score (nSPS) is 24.4. The Labute approximate surface area is 81.2 Å². The SMILES string of the molecule is C/C=C\C(C)=C/C1=CC(C)CCN1. The molecule has 0 radical (unpaired) electrons. The molecule has 0 aromatic rings. The predicted octanol–water partition coefficient (Wildman–Crippen LogP) is 3.02. The molecular weight excluding hydrogens is 158 g/mol. The molecule has 1 heteroatoms. The lowest BCUT2D eigenvalue weighted by molar-refractivity contribution is 0.576. The molecule has 72 valence electrons. The fourth-order valence-electron chi connectivity index (χ4n) is 1.55. The smallest absolute Gasteiger partial charge is 0.0304 e. The van der Waals surface area contributed by atoms with Gasteiger partial charge in [0.25, 0.3) is 0 Å². The monoisotopic (exact) mass is 177 g/mol. The Balaban J connectivity index is 2.66. The van der Waals surface area contributed by atoms with Gasteiger partial charge in [0.2, 0.25) is 0 Å². The fourth-order valence-corrected chi connectivity index (χ4v) is 1.55. The van der Waals surface area contributed by atoms with Crippen molar-refractivity contribution in [1.82, 2.24) is 5.32 Å². The van der Waals surface area contributed by atoms with Crippen LogP contribution in [0, 0.1) is 5.92 Å². The number of rotatable bonds is 2. The topological polar surface area (TPSA) is 12.0 Å². The Bertz CT molecular complexity index is 246. The fraction of sp³-hybridized carbons (Fsp3) is 0.500. The van der Waals surface area contributed by atoms with Crippen LogP contribution in [0.15, 0.2) is 35.6 Å².